The molecule has 3 rings (SSSR count). The van der Waals surface area contributed by atoms with E-state index in [-0.39, 0.29) is 11.5 Å². The molecule has 2 aromatic carbocycles. The molecule has 2 atom stereocenters. The Kier molecular flexibility index (Phi) is 10.8. The molecule has 0 radical (unpaired) electrons. The van der Waals surface area contributed by atoms with Crippen molar-refractivity contribution in [2.24, 2.45) is 0 Å². The van der Waals surface area contributed by atoms with Crippen LogP contribution < -0.4 is 10.6 Å². The van der Waals surface area contributed by atoms with E-state index in [0.717, 1.165) is 11.1 Å². The molecular formula is C30H26ClN3O5. The number of halogens is 1. The second kappa shape index (κ2) is 14.5. The van der Waals surface area contributed by atoms with E-state index in [1.807, 2.05) is 6.07 Å². The van der Waals surface area contributed by atoms with E-state index < -0.39 is 30.4 Å². The monoisotopic (exact) mass is 543 g/mol. The first kappa shape index (κ1) is 29.1. The molecule has 0 spiro atoms. The number of Topliss-reactive ketones (excluding diaryl/α,β-unsaturated/α-hetero) is 1. The SMILES string of the molecule is C[C@@H](O)[C@H](NC(=O)c1ccc(C#CC#Cc2ccc(NC(=O)CCc3ccc(Cl)nc3)cc2)cc1)C(=O)CO. The summed E-state index contributed by atoms with van der Waals surface area (Å²) in [5.74, 6) is 9.99. The lowest BCUT2D eigenvalue weighted by atomic mass is 10.1. The van der Waals surface area contributed by atoms with Crippen LogP contribution in [-0.2, 0) is 16.0 Å². The molecule has 0 aliphatic rings. The van der Waals surface area contributed by atoms with E-state index in [1.54, 1.807) is 48.7 Å². The van der Waals surface area contributed by atoms with Gasteiger partial charge < -0.3 is 20.8 Å². The van der Waals surface area contributed by atoms with Crippen molar-refractivity contribution in [1.82, 2.24) is 10.3 Å². The van der Waals surface area contributed by atoms with Crippen LogP contribution in [0.5, 0.6) is 0 Å². The fraction of sp³-hybridized carbons (Fsp3) is 0.200. The average molecular weight is 544 g/mol. The van der Waals surface area contributed by atoms with Crippen LogP contribution in [0, 0.1) is 23.7 Å². The molecule has 2 amide bonds. The highest BCUT2D eigenvalue weighted by atomic mass is 35.5. The summed E-state index contributed by atoms with van der Waals surface area (Å²) in [5, 5.41) is 24.3. The molecule has 8 nitrogen and oxygen atoms in total. The number of carbonyl (C=O) groups is 3. The summed E-state index contributed by atoms with van der Waals surface area (Å²) >= 11 is 5.77. The fourth-order valence-electron chi connectivity index (χ4n) is 3.38. The van der Waals surface area contributed by atoms with Crippen LogP contribution in [-0.4, -0.2) is 51.5 Å². The molecule has 0 saturated carbocycles. The molecular weight excluding hydrogens is 518 g/mol. The number of amides is 2. The second-order valence-corrected chi connectivity index (χ2v) is 8.90. The molecule has 0 aliphatic heterocycles. The van der Waals surface area contributed by atoms with E-state index >= 15 is 0 Å². The normalized spacial score (nSPS) is 11.6. The number of hydrogen-bond acceptors (Lipinski definition) is 6. The Hall–Kier alpha value is -4.47. The van der Waals surface area contributed by atoms with Gasteiger partial charge in [-0.05, 0) is 85.3 Å². The number of aryl methyl sites for hydroxylation is 1. The minimum Gasteiger partial charge on any atom is -0.391 e. The standard InChI is InChI=1S/C30H26ClN3O5/c1-20(36)29(26(37)19-35)34-30(39)24-12-6-21(7-13-24)4-2-3-5-22-8-14-25(15-9-22)33-28(38)17-11-23-10-16-27(31)32-18-23/h6-10,12-16,18,20,29,35-36H,11,17,19H2,1H3,(H,33,38)(H,34,39)/t20-,29+/m1/s1. The third-order valence-corrected chi connectivity index (χ3v) is 5.72. The molecule has 9 heteroatoms. The van der Waals surface area contributed by atoms with Gasteiger partial charge in [-0.3, -0.25) is 14.4 Å². The van der Waals surface area contributed by atoms with Gasteiger partial charge in [0.2, 0.25) is 5.91 Å². The van der Waals surface area contributed by atoms with Crippen molar-refractivity contribution in [2.75, 3.05) is 11.9 Å². The van der Waals surface area contributed by atoms with E-state index in [0.29, 0.717) is 29.2 Å². The predicted octanol–water partition coefficient (Wildman–Crippen LogP) is 2.75. The quantitative estimate of drug-likeness (QED) is 0.243. The zero-order valence-electron chi connectivity index (χ0n) is 21.1. The highest BCUT2D eigenvalue weighted by Gasteiger charge is 2.25. The lowest BCUT2D eigenvalue weighted by Crippen LogP contribution is -2.48. The highest BCUT2D eigenvalue weighted by molar-refractivity contribution is 6.29. The van der Waals surface area contributed by atoms with Gasteiger partial charge in [-0.2, -0.15) is 0 Å². The maximum absolute atomic E-state index is 12.3. The summed E-state index contributed by atoms with van der Waals surface area (Å²) in [4.78, 5) is 40.2. The van der Waals surface area contributed by atoms with E-state index in [4.69, 9.17) is 16.7 Å². The molecule has 39 heavy (non-hydrogen) atoms. The van der Waals surface area contributed by atoms with Crippen LogP contribution in [0.15, 0.2) is 66.9 Å². The van der Waals surface area contributed by atoms with Crippen molar-refractivity contribution in [3.8, 4) is 23.7 Å². The minimum atomic E-state index is -1.19. The molecule has 4 N–H and O–H groups in total. The van der Waals surface area contributed by atoms with Gasteiger partial charge in [0.15, 0.2) is 5.78 Å². The number of aliphatic hydroxyl groups excluding tert-OH is 2. The van der Waals surface area contributed by atoms with Crippen molar-refractivity contribution in [2.45, 2.75) is 31.9 Å². The Labute approximate surface area is 231 Å². The Bertz CT molecular complexity index is 1430. The fourth-order valence-corrected chi connectivity index (χ4v) is 3.49. The second-order valence-electron chi connectivity index (χ2n) is 8.51. The third-order valence-electron chi connectivity index (χ3n) is 5.49. The molecule has 1 aromatic heterocycles. The summed E-state index contributed by atoms with van der Waals surface area (Å²) in [6.07, 6.45) is 1.39. The van der Waals surface area contributed by atoms with Crippen LogP contribution in [0.4, 0.5) is 5.69 Å². The van der Waals surface area contributed by atoms with E-state index in [1.165, 1.54) is 19.1 Å². The van der Waals surface area contributed by atoms with Gasteiger partial charge in [0.1, 0.15) is 17.8 Å². The zero-order valence-corrected chi connectivity index (χ0v) is 21.8. The van der Waals surface area contributed by atoms with Gasteiger partial charge >= 0.3 is 0 Å². The summed E-state index contributed by atoms with van der Waals surface area (Å²) in [5.41, 5.74) is 3.23. The number of pyridine rings is 1. The van der Waals surface area contributed by atoms with Gasteiger partial charge in [-0.25, -0.2) is 4.98 Å². The Morgan fingerprint density at radius 2 is 1.56 bits per heavy atom. The first-order chi connectivity index (χ1) is 18.7. The van der Waals surface area contributed by atoms with Crippen molar-refractivity contribution in [3.63, 3.8) is 0 Å². The van der Waals surface area contributed by atoms with Crippen LogP contribution in [0.1, 0.15) is 40.4 Å². The number of aliphatic hydroxyl groups is 2. The molecule has 0 fully saturated rings. The Morgan fingerprint density at radius 3 is 2.10 bits per heavy atom. The van der Waals surface area contributed by atoms with Crippen molar-refractivity contribution in [3.05, 3.63) is 94.3 Å². The van der Waals surface area contributed by atoms with Crippen LogP contribution >= 0.6 is 11.6 Å². The zero-order chi connectivity index (χ0) is 28.2. The molecule has 3 aromatic rings. The van der Waals surface area contributed by atoms with Gasteiger partial charge in [-0.15, -0.1) is 0 Å². The molecule has 0 aliphatic carbocycles. The van der Waals surface area contributed by atoms with Gasteiger partial charge in [0.05, 0.1) is 6.10 Å². The maximum atomic E-state index is 12.3. The lowest BCUT2D eigenvalue weighted by molar-refractivity contribution is -0.126. The molecule has 0 unspecified atom stereocenters. The summed E-state index contributed by atoms with van der Waals surface area (Å²) < 4.78 is 0. The number of hydrogen-bond donors (Lipinski definition) is 4. The number of anilines is 1. The Morgan fingerprint density at radius 1 is 0.949 bits per heavy atom. The molecule has 0 saturated heterocycles. The predicted molar refractivity (Wildman–Crippen MR) is 148 cm³/mol. The smallest absolute Gasteiger partial charge is 0.251 e. The topological polar surface area (TPSA) is 129 Å². The van der Waals surface area contributed by atoms with Crippen LogP contribution in [0.3, 0.4) is 0 Å². The van der Waals surface area contributed by atoms with E-state index in [2.05, 4.69) is 39.3 Å². The number of nitrogens with zero attached hydrogens (tertiary/aromatic N) is 1. The van der Waals surface area contributed by atoms with Crippen molar-refractivity contribution < 1.29 is 24.6 Å². The van der Waals surface area contributed by atoms with Crippen molar-refractivity contribution in [1.29, 1.82) is 0 Å². The number of nitrogens with one attached hydrogen (secondary N) is 2. The first-order valence-electron chi connectivity index (χ1n) is 12.0. The van der Waals surface area contributed by atoms with Crippen LogP contribution in [0.25, 0.3) is 0 Å². The minimum absolute atomic E-state index is 0.112. The van der Waals surface area contributed by atoms with Crippen molar-refractivity contribution >= 4 is 34.9 Å². The average Bonchev–Trinajstić information content (AvgIpc) is 2.94. The molecule has 1 heterocycles. The number of aromatic nitrogens is 1. The summed E-state index contributed by atoms with van der Waals surface area (Å²) in [6, 6.07) is 15.8. The first-order valence-corrected chi connectivity index (χ1v) is 12.4. The van der Waals surface area contributed by atoms with Crippen LogP contribution in [0.2, 0.25) is 5.15 Å². The van der Waals surface area contributed by atoms with E-state index in [9.17, 15) is 19.5 Å². The van der Waals surface area contributed by atoms with Gasteiger partial charge in [0, 0.05) is 35.0 Å². The summed E-state index contributed by atoms with van der Waals surface area (Å²) in [7, 11) is 0. The Balaban J connectivity index is 1.50. The largest absolute Gasteiger partial charge is 0.391 e. The number of benzene rings is 2. The number of rotatable bonds is 9. The summed E-state index contributed by atoms with van der Waals surface area (Å²) in [6.45, 7) is 0.574. The number of ketones is 1. The maximum Gasteiger partial charge on any atom is 0.251 e. The number of carbonyl (C=O) groups excluding carboxylic acids is 3. The molecule has 0 bridgehead atoms. The van der Waals surface area contributed by atoms with Gasteiger partial charge in [0.25, 0.3) is 5.91 Å². The lowest BCUT2D eigenvalue weighted by Gasteiger charge is -2.19. The molecule has 198 valence electrons. The van der Waals surface area contributed by atoms with Gasteiger partial charge in [-0.1, -0.05) is 29.5 Å². The highest BCUT2D eigenvalue weighted by Crippen LogP contribution is 2.11. The third kappa shape index (κ3) is 9.41.